The van der Waals surface area contributed by atoms with Gasteiger partial charge < -0.3 is 10.4 Å². The topological polar surface area (TPSA) is 86.7 Å². The first-order valence-electron chi connectivity index (χ1n) is 8.16. The van der Waals surface area contributed by atoms with E-state index in [1.165, 1.54) is 18.2 Å². The number of thioether (sulfide) groups is 1. The first kappa shape index (κ1) is 19.3. The Morgan fingerprint density at radius 1 is 1.22 bits per heavy atom. The number of phenolic OH excluding ortho intramolecular Hbond substituents is 1. The number of imide groups is 1. The van der Waals surface area contributed by atoms with E-state index in [9.17, 15) is 19.5 Å². The van der Waals surface area contributed by atoms with E-state index in [2.05, 4.69) is 5.32 Å². The number of hydrogen-bond acceptors (Lipinski definition) is 5. The van der Waals surface area contributed by atoms with Crippen LogP contribution in [0.3, 0.4) is 0 Å². The number of nitrogens with zero attached hydrogens (tertiary/aromatic N) is 1. The molecule has 0 saturated carbocycles. The van der Waals surface area contributed by atoms with E-state index in [0.29, 0.717) is 10.7 Å². The highest BCUT2D eigenvalue weighted by atomic mass is 35.5. The van der Waals surface area contributed by atoms with Crippen LogP contribution in [0.2, 0.25) is 5.02 Å². The summed E-state index contributed by atoms with van der Waals surface area (Å²) in [5, 5.41) is 11.4. The number of hydrogen-bond donors (Lipinski definition) is 2. The number of aromatic hydroxyl groups is 1. The molecular weight excluding hydrogens is 388 g/mol. The van der Waals surface area contributed by atoms with Crippen LogP contribution in [0.1, 0.15) is 17.5 Å². The normalized spacial score (nSPS) is 16.7. The van der Waals surface area contributed by atoms with E-state index in [-0.39, 0.29) is 17.9 Å². The molecule has 1 fully saturated rings. The molecule has 1 saturated heterocycles. The van der Waals surface area contributed by atoms with Crippen molar-refractivity contribution in [3.8, 4) is 5.75 Å². The lowest BCUT2D eigenvalue weighted by Crippen LogP contribution is -2.33. The van der Waals surface area contributed by atoms with E-state index >= 15 is 0 Å². The van der Waals surface area contributed by atoms with Crippen molar-refractivity contribution >= 4 is 51.8 Å². The van der Waals surface area contributed by atoms with Gasteiger partial charge in [0.15, 0.2) is 0 Å². The van der Waals surface area contributed by atoms with Gasteiger partial charge in [0, 0.05) is 11.4 Å². The van der Waals surface area contributed by atoms with Crippen LogP contribution in [0.4, 0.5) is 16.2 Å². The number of rotatable bonds is 4. The summed E-state index contributed by atoms with van der Waals surface area (Å²) in [5.74, 6) is -1.05. The van der Waals surface area contributed by atoms with Crippen LogP contribution in [0.5, 0.6) is 5.75 Å². The number of benzene rings is 2. The Bertz CT molecular complexity index is 947. The zero-order chi connectivity index (χ0) is 19.7. The standard InChI is InChI=1S/C19H17ClN2O4S/c1-10-3-5-14(11(2)7-10)22-18(25)16(27-19(22)26)9-17(24)21-13-8-12(20)4-6-15(13)23/h3-8,16,23H,9H2,1-2H3,(H,21,24). The van der Waals surface area contributed by atoms with E-state index in [0.717, 1.165) is 27.8 Å². The van der Waals surface area contributed by atoms with E-state index in [1.54, 1.807) is 6.07 Å². The fraction of sp³-hybridized carbons (Fsp3) is 0.211. The molecule has 1 aliphatic heterocycles. The maximum Gasteiger partial charge on any atom is 0.293 e. The summed E-state index contributed by atoms with van der Waals surface area (Å²) in [6, 6.07) is 9.71. The first-order valence-corrected chi connectivity index (χ1v) is 9.42. The summed E-state index contributed by atoms with van der Waals surface area (Å²) in [6.45, 7) is 3.76. The molecule has 2 N–H and O–H groups in total. The molecule has 3 amide bonds. The highest BCUT2D eigenvalue weighted by molar-refractivity contribution is 8.15. The van der Waals surface area contributed by atoms with Crippen molar-refractivity contribution in [3.63, 3.8) is 0 Å². The van der Waals surface area contributed by atoms with Crippen LogP contribution in [-0.2, 0) is 9.59 Å². The van der Waals surface area contributed by atoms with Gasteiger partial charge in [-0.15, -0.1) is 0 Å². The van der Waals surface area contributed by atoms with E-state index in [4.69, 9.17) is 11.6 Å². The summed E-state index contributed by atoms with van der Waals surface area (Å²) < 4.78 is 0. The lowest BCUT2D eigenvalue weighted by atomic mass is 10.1. The lowest BCUT2D eigenvalue weighted by molar-refractivity contribution is -0.121. The Morgan fingerprint density at radius 2 is 1.96 bits per heavy atom. The predicted octanol–water partition coefficient (Wildman–Crippen LogP) is 4.26. The van der Waals surface area contributed by atoms with Gasteiger partial charge in [-0.1, -0.05) is 29.3 Å². The van der Waals surface area contributed by atoms with E-state index in [1.807, 2.05) is 26.0 Å². The van der Waals surface area contributed by atoms with Gasteiger partial charge in [-0.2, -0.15) is 0 Å². The van der Waals surface area contributed by atoms with Gasteiger partial charge in [-0.25, -0.2) is 4.90 Å². The van der Waals surface area contributed by atoms with Gasteiger partial charge in [0.25, 0.3) is 5.24 Å². The molecule has 2 aromatic rings. The monoisotopic (exact) mass is 404 g/mol. The molecule has 1 unspecified atom stereocenters. The van der Waals surface area contributed by atoms with Crippen molar-refractivity contribution in [1.29, 1.82) is 0 Å². The zero-order valence-electron chi connectivity index (χ0n) is 14.7. The molecule has 8 heteroatoms. The van der Waals surface area contributed by atoms with Crippen LogP contribution in [0.25, 0.3) is 0 Å². The molecule has 0 aliphatic carbocycles. The summed E-state index contributed by atoms with van der Waals surface area (Å²) in [6.07, 6.45) is -0.192. The maximum atomic E-state index is 12.7. The summed E-state index contributed by atoms with van der Waals surface area (Å²) >= 11 is 6.68. The van der Waals surface area contributed by atoms with Crippen molar-refractivity contribution in [2.75, 3.05) is 10.2 Å². The maximum absolute atomic E-state index is 12.7. The van der Waals surface area contributed by atoms with Gasteiger partial charge in [-0.3, -0.25) is 14.4 Å². The molecular formula is C19H17ClN2O4S. The lowest BCUT2D eigenvalue weighted by Gasteiger charge is -2.17. The molecule has 1 aliphatic rings. The Hall–Kier alpha value is -2.51. The molecule has 0 aromatic heterocycles. The van der Waals surface area contributed by atoms with Crippen molar-refractivity contribution in [2.45, 2.75) is 25.5 Å². The Kier molecular flexibility index (Phi) is 5.43. The Balaban J connectivity index is 1.73. The molecule has 0 bridgehead atoms. The minimum Gasteiger partial charge on any atom is -0.506 e. The Labute approximate surface area is 165 Å². The predicted molar refractivity (Wildman–Crippen MR) is 107 cm³/mol. The molecule has 1 heterocycles. The van der Waals surface area contributed by atoms with Crippen molar-refractivity contribution in [1.82, 2.24) is 0 Å². The largest absolute Gasteiger partial charge is 0.506 e. The molecule has 0 radical (unpaired) electrons. The van der Waals surface area contributed by atoms with Crippen LogP contribution >= 0.6 is 23.4 Å². The fourth-order valence-corrected chi connectivity index (χ4v) is 3.99. The summed E-state index contributed by atoms with van der Waals surface area (Å²) in [5.41, 5.74) is 2.52. The SMILES string of the molecule is Cc1ccc(N2C(=O)SC(CC(=O)Nc3cc(Cl)ccc3O)C2=O)c(C)c1. The molecule has 27 heavy (non-hydrogen) atoms. The average Bonchev–Trinajstić information content (AvgIpc) is 2.85. The van der Waals surface area contributed by atoms with Crippen LogP contribution in [-0.4, -0.2) is 27.4 Å². The molecule has 0 spiro atoms. The molecule has 2 aromatic carbocycles. The van der Waals surface area contributed by atoms with Crippen molar-refractivity contribution < 1.29 is 19.5 Å². The number of carbonyl (C=O) groups excluding carboxylic acids is 3. The number of amides is 3. The minimum absolute atomic E-state index is 0.133. The minimum atomic E-state index is -0.820. The summed E-state index contributed by atoms with van der Waals surface area (Å²) in [7, 11) is 0. The van der Waals surface area contributed by atoms with Crippen molar-refractivity contribution in [3.05, 3.63) is 52.5 Å². The van der Waals surface area contributed by atoms with Gasteiger partial charge >= 0.3 is 0 Å². The number of nitrogens with one attached hydrogen (secondary N) is 1. The zero-order valence-corrected chi connectivity index (χ0v) is 16.2. The molecule has 1 atom stereocenters. The van der Waals surface area contributed by atoms with Crippen LogP contribution < -0.4 is 10.2 Å². The number of carbonyl (C=O) groups is 3. The highest BCUT2D eigenvalue weighted by Gasteiger charge is 2.42. The van der Waals surface area contributed by atoms with Gasteiger partial charge in [0.2, 0.25) is 11.8 Å². The highest BCUT2D eigenvalue weighted by Crippen LogP contribution is 2.35. The fourth-order valence-electron chi connectivity index (χ4n) is 2.84. The molecule has 140 valence electrons. The smallest absolute Gasteiger partial charge is 0.293 e. The third kappa shape index (κ3) is 4.09. The third-order valence-electron chi connectivity index (χ3n) is 4.12. The van der Waals surface area contributed by atoms with Gasteiger partial charge in [0.05, 0.1) is 11.4 Å². The third-order valence-corrected chi connectivity index (χ3v) is 5.39. The van der Waals surface area contributed by atoms with Crippen LogP contribution in [0.15, 0.2) is 36.4 Å². The molecule has 3 rings (SSSR count). The first-order chi connectivity index (χ1) is 12.8. The Morgan fingerprint density at radius 3 is 2.67 bits per heavy atom. The van der Waals surface area contributed by atoms with E-state index < -0.39 is 22.3 Å². The number of anilines is 2. The number of halogens is 1. The second-order valence-electron chi connectivity index (χ2n) is 6.25. The van der Waals surface area contributed by atoms with Crippen LogP contribution in [0, 0.1) is 13.8 Å². The number of aryl methyl sites for hydroxylation is 2. The second kappa shape index (κ2) is 7.62. The molecule has 6 nitrogen and oxygen atoms in total. The van der Waals surface area contributed by atoms with Gasteiger partial charge in [0.1, 0.15) is 11.0 Å². The van der Waals surface area contributed by atoms with Gasteiger partial charge in [-0.05, 0) is 55.4 Å². The average molecular weight is 405 g/mol. The summed E-state index contributed by atoms with van der Waals surface area (Å²) in [4.78, 5) is 38.4. The number of phenols is 1. The second-order valence-corrected chi connectivity index (χ2v) is 7.84. The van der Waals surface area contributed by atoms with Crippen molar-refractivity contribution in [2.24, 2.45) is 0 Å². The quantitative estimate of drug-likeness (QED) is 0.743.